The second-order valence-electron chi connectivity index (χ2n) is 6.19. The van der Waals surface area contributed by atoms with E-state index in [9.17, 15) is 4.79 Å². The Morgan fingerprint density at radius 3 is 2.39 bits per heavy atom. The van der Waals surface area contributed by atoms with Gasteiger partial charge in [0.15, 0.2) is 0 Å². The van der Waals surface area contributed by atoms with Gasteiger partial charge in [0.05, 0.1) is 0 Å². The van der Waals surface area contributed by atoms with Gasteiger partial charge < -0.3 is 10.6 Å². The van der Waals surface area contributed by atoms with E-state index >= 15 is 0 Å². The zero-order chi connectivity index (χ0) is 16.4. The van der Waals surface area contributed by atoms with Crippen molar-refractivity contribution in [1.82, 2.24) is 4.90 Å². The van der Waals surface area contributed by atoms with Crippen LogP contribution in [0.25, 0.3) is 0 Å². The van der Waals surface area contributed by atoms with Crippen LogP contribution in [-0.2, 0) is 0 Å². The van der Waals surface area contributed by atoms with E-state index in [1.807, 2.05) is 24.0 Å². The van der Waals surface area contributed by atoms with E-state index in [0.717, 1.165) is 36.0 Å². The summed E-state index contributed by atoms with van der Waals surface area (Å²) in [5.41, 5.74) is 9.67. The van der Waals surface area contributed by atoms with E-state index in [1.54, 1.807) is 6.07 Å². The highest BCUT2D eigenvalue weighted by Crippen LogP contribution is 2.29. The summed E-state index contributed by atoms with van der Waals surface area (Å²) in [7, 11) is 0. The van der Waals surface area contributed by atoms with E-state index in [-0.39, 0.29) is 5.91 Å². The van der Waals surface area contributed by atoms with E-state index < -0.39 is 0 Å². The maximum atomic E-state index is 12.6. The number of nitrogens with two attached hydrogens (primary N) is 1. The van der Waals surface area contributed by atoms with Crippen molar-refractivity contribution < 1.29 is 4.79 Å². The SMILES string of the molecule is Cc1ccc(C(=O)N2CCC(c3ccc(Br)cc3)CC2)cc1N. The Morgan fingerprint density at radius 1 is 1.13 bits per heavy atom. The van der Waals surface area contributed by atoms with Crippen LogP contribution < -0.4 is 5.73 Å². The molecule has 0 radical (unpaired) electrons. The summed E-state index contributed by atoms with van der Waals surface area (Å²) in [4.78, 5) is 14.6. The highest BCUT2D eigenvalue weighted by Gasteiger charge is 2.24. The van der Waals surface area contributed by atoms with Gasteiger partial charge in [-0.15, -0.1) is 0 Å². The second kappa shape index (κ2) is 6.75. The molecule has 23 heavy (non-hydrogen) atoms. The molecule has 0 aromatic heterocycles. The van der Waals surface area contributed by atoms with Crippen molar-refractivity contribution in [3.05, 3.63) is 63.6 Å². The highest BCUT2D eigenvalue weighted by atomic mass is 79.9. The average molecular weight is 373 g/mol. The Balaban J connectivity index is 1.65. The molecule has 1 aliphatic rings. The average Bonchev–Trinajstić information content (AvgIpc) is 2.57. The molecular formula is C19H21BrN2O. The monoisotopic (exact) mass is 372 g/mol. The van der Waals surface area contributed by atoms with Gasteiger partial charge in [0.25, 0.3) is 5.91 Å². The fraction of sp³-hybridized carbons (Fsp3) is 0.316. The Hall–Kier alpha value is -1.81. The topological polar surface area (TPSA) is 46.3 Å². The molecule has 1 aliphatic heterocycles. The van der Waals surface area contributed by atoms with Crippen molar-refractivity contribution in [2.75, 3.05) is 18.8 Å². The molecule has 4 heteroatoms. The summed E-state index contributed by atoms with van der Waals surface area (Å²) in [5, 5.41) is 0. The van der Waals surface area contributed by atoms with Crippen molar-refractivity contribution in [1.29, 1.82) is 0 Å². The first-order chi connectivity index (χ1) is 11.0. The third kappa shape index (κ3) is 3.58. The zero-order valence-corrected chi connectivity index (χ0v) is 14.8. The van der Waals surface area contributed by atoms with Gasteiger partial charge in [-0.05, 0) is 61.1 Å². The first kappa shape index (κ1) is 16.1. The van der Waals surface area contributed by atoms with Crippen LogP contribution in [0.1, 0.15) is 40.2 Å². The number of benzene rings is 2. The third-order valence-electron chi connectivity index (χ3n) is 4.65. The van der Waals surface area contributed by atoms with Crippen molar-refractivity contribution in [3.8, 4) is 0 Å². The third-order valence-corrected chi connectivity index (χ3v) is 5.18. The largest absolute Gasteiger partial charge is 0.398 e. The van der Waals surface area contributed by atoms with Crippen LogP contribution in [0, 0.1) is 6.92 Å². The number of halogens is 1. The fourth-order valence-electron chi connectivity index (χ4n) is 3.11. The van der Waals surface area contributed by atoms with Crippen molar-refractivity contribution in [2.45, 2.75) is 25.7 Å². The van der Waals surface area contributed by atoms with Crippen molar-refractivity contribution >= 4 is 27.5 Å². The molecule has 0 bridgehead atoms. The molecule has 3 rings (SSSR count). The number of carbonyl (C=O) groups excluding carboxylic acids is 1. The number of hydrogen-bond acceptors (Lipinski definition) is 2. The molecule has 1 heterocycles. The minimum Gasteiger partial charge on any atom is -0.398 e. The summed E-state index contributed by atoms with van der Waals surface area (Å²) in [5.74, 6) is 0.626. The number of aryl methyl sites for hydroxylation is 1. The standard InChI is InChI=1S/C19H21BrN2O/c1-13-2-3-16(12-18(13)21)19(23)22-10-8-15(9-11-22)14-4-6-17(20)7-5-14/h2-7,12,15H,8-11,21H2,1H3. The van der Waals surface area contributed by atoms with Gasteiger partial charge in [-0.1, -0.05) is 34.1 Å². The quantitative estimate of drug-likeness (QED) is 0.795. The smallest absolute Gasteiger partial charge is 0.253 e. The van der Waals surface area contributed by atoms with Gasteiger partial charge in [0.2, 0.25) is 0 Å². The molecule has 1 fully saturated rings. The van der Waals surface area contributed by atoms with Gasteiger partial charge in [0.1, 0.15) is 0 Å². The summed E-state index contributed by atoms with van der Waals surface area (Å²) < 4.78 is 1.10. The highest BCUT2D eigenvalue weighted by molar-refractivity contribution is 9.10. The van der Waals surface area contributed by atoms with E-state index in [1.165, 1.54) is 5.56 Å². The van der Waals surface area contributed by atoms with Crippen LogP contribution in [0.15, 0.2) is 46.9 Å². The molecule has 2 N–H and O–H groups in total. The molecule has 1 amide bonds. The molecule has 0 saturated carbocycles. The summed E-state index contributed by atoms with van der Waals surface area (Å²) in [6, 6.07) is 14.1. The van der Waals surface area contributed by atoms with E-state index in [0.29, 0.717) is 17.2 Å². The molecule has 0 spiro atoms. The number of nitrogen functional groups attached to an aromatic ring is 1. The summed E-state index contributed by atoms with van der Waals surface area (Å²) >= 11 is 3.47. The lowest BCUT2D eigenvalue weighted by Crippen LogP contribution is -2.37. The first-order valence-corrected chi connectivity index (χ1v) is 8.75. The number of nitrogens with zero attached hydrogens (tertiary/aromatic N) is 1. The van der Waals surface area contributed by atoms with Crippen LogP contribution in [0.4, 0.5) is 5.69 Å². The summed E-state index contributed by atoms with van der Waals surface area (Å²) in [6.07, 6.45) is 2.02. The molecule has 120 valence electrons. The van der Waals surface area contributed by atoms with Crippen LogP contribution in [0.3, 0.4) is 0 Å². The number of amides is 1. The first-order valence-electron chi connectivity index (χ1n) is 7.95. The normalized spacial score (nSPS) is 15.7. The Morgan fingerprint density at radius 2 is 1.78 bits per heavy atom. The summed E-state index contributed by atoms with van der Waals surface area (Å²) in [6.45, 7) is 3.55. The van der Waals surface area contributed by atoms with Gasteiger partial charge in [-0.2, -0.15) is 0 Å². The molecule has 0 aliphatic carbocycles. The van der Waals surface area contributed by atoms with E-state index in [4.69, 9.17) is 5.73 Å². The number of piperidine rings is 1. The van der Waals surface area contributed by atoms with Crippen LogP contribution in [0.2, 0.25) is 0 Å². The maximum Gasteiger partial charge on any atom is 0.253 e. The Labute approximate surface area is 145 Å². The van der Waals surface area contributed by atoms with Gasteiger partial charge in [0, 0.05) is 28.8 Å². The molecule has 1 saturated heterocycles. The van der Waals surface area contributed by atoms with Crippen molar-refractivity contribution in [2.24, 2.45) is 0 Å². The van der Waals surface area contributed by atoms with Crippen LogP contribution in [0.5, 0.6) is 0 Å². The molecule has 2 aromatic carbocycles. The van der Waals surface area contributed by atoms with Gasteiger partial charge in [-0.3, -0.25) is 4.79 Å². The van der Waals surface area contributed by atoms with Crippen LogP contribution >= 0.6 is 15.9 Å². The van der Waals surface area contributed by atoms with Gasteiger partial charge in [-0.25, -0.2) is 0 Å². The Bertz CT molecular complexity index is 704. The minimum atomic E-state index is 0.0888. The lowest BCUT2D eigenvalue weighted by Gasteiger charge is -2.32. The number of hydrogen-bond donors (Lipinski definition) is 1. The number of carbonyl (C=O) groups is 1. The Kier molecular flexibility index (Phi) is 4.71. The fourth-order valence-corrected chi connectivity index (χ4v) is 3.37. The lowest BCUT2D eigenvalue weighted by atomic mass is 9.89. The molecule has 0 atom stereocenters. The zero-order valence-electron chi connectivity index (χ0n) is 13.3. The molecule has 3 nitrogen and oxygen atoms in total. The number of likely N-dealkylation sites (tertiary alicyclic amines) is 1. The molecule has 0 unspecified atom stereocenters. The van der Waals surface area contributed by atoms with Crippen LogP contribution in [-0.4, -0.2) is 23.9 Å². The molecular weight excluding hydrogens is 352 g/mol. The van der Waals surface area contributed by atoms with E-state index in [2.05, 4.69) is 40.2 Å². The minimum absolute atomic E-state index is 0.0888. The van der Waals surface area contributed by atoms with Crippen molar-refractivity contribution in [3.63, 3.8) is 0 Å². The maximum absolute atomic E-state index is 12.6. The van der Waals surface area contributed by atoms with Gasteiger partial charge >= 0.3 is 0 Å². The lowest BCUT2D eigenvalue weighted by molar-refractivity contribution is 0.0713. The predicted octanol–water partition coefficient (Wildman–Crippen LogP) is 4.36. The number of anilines is 1. The predicted molar refractivity (Wildman–Crippen MR) is 97.6 cm³/mol. The second-order valence-corrected chi connectivity index (χ2v) is 7.11. The molecule has 2 aromatic rings. The number of rotatable bonds is 2.